The molecule has 0 saturated carbocycles. The molecule has 128 valence electrons. The first-order valence-corrected chi connectivity index (χ1v) is 8.00. The number of halogens is 1. The number of aromatic hydroxyl groups is 1. The van der Waals surface area contributed by atoms with Gasteiger partial charge in [-0.15, -0.1) is 0 Å². The van der Waals surface area contributed by atoms with Crippen LogP contribution < -0.4 is 10.6 Å². The van der Waals surface area contributed by atoms with Gasteiger partial charge in [0, 0.05) is 25.6 Å². The number of nitrogens with zero attached hydrogens (tertiary/aromatic N) is 1. The molecule has 0 spiro atoms. The molecule has 0 fully saturated rings. The van der Waals surface area contributed by atoms with Crippen LogP contribution in [0, 0.1) is 5.82 Å². The molecule has 5 heteroatoms. The van der Waals surface area contributed by atoms with Crippen molar-refractivity contribution in [2.75, 3.05) is 7.05 Å². The Morgan fingerprint density at radius 2 is 1.88 bits per heavy atom. The van der Waals surface area contributed by atoms with Crippen LogP contribution in [-0.2, 0) is 6.54 Å². The van der Waals surface area contributed by atoms with Gasteiger partial charge >= 0.3 is 0 Å². The van der Waals surface area contributed by atoms with Crippen molar-refractivity contribution in [3.8, 4) is 5.75 Å². The standard InChI is InChI=1S/C19H24FN3O/c1-13(16-7-5-4-6-8-16)14(2)23-19(21-3)22-12-15-9-10-18(24)17(20)11-15/h4-11,13-14,24H,12H2,1-3H3,(H2,21,22,23). The molecule has 3 N–H and O–H groups in total. The fraction of sp³-hybridized carbons (Fsp3) is 0.316. The number of guanidine groups is 1. The summed E-state index contributed by atoms with van der Waals surface area (Å²) in [6, 6.07) is 14.8. The lowest BCUT2D eigenvalue weighted by Gasteiger charge is -2.24. The Morgan fingerprint density at radius 3 is 2.50 bits per heavy atom. The Bertz CT molecular complexity index is 688. The Kier molecular flexibility index (Phi) is 6.18. The Labute approximate surface area is 142 Å². The smallest absolute Gasteiger partial charge is 0.191 e. The normalized spacial score (nSPS) is 14.1. The maximum absolute atomic E-state index is 13.4. The SMILES string of the molecule is CN=C(NCc1ccc(O)c(F)c1)NC(C)C(C)c1ccccc1. The van der Waals surface area contributed by atoms with Crippen LogP contribution in [0.5, 0.6) is 5.75 Å². The molecular formula is C19H24FN3O. The van der Waals surface area contributed by atoms with Crippen molar-refractivity contribution in [1.82, 2.24) is 10.6 Å². The molecule has 0 amide bonds. The zero-order chi connectivity index (χ0) is 17.5. The highest BCUT2D eigenvalue weighted by atomic mass is 19.1. The van der Waals surface area contributed by atoms with Crippen molar-refractivity contribution < 1.29 is 9.50 Å². The van der Waals surface area contributed by atoms with E-state index in [4.69, 9.17) is 0 Å². The number of phenols is 1. The lowest BCUT2D eigenvalue weighted by atomic mass is 9.94. The van der Waals surface area contributed by atoms with Gasteiger partial charge in [0.15, 0.2) is 17.5 Å². The Hall–Kier alpha value is -2.56. The minimum Gasteiger partial charge on any atom is -0.505 e. The monoisotopic (exact) mass is 329 g/mol. The maximum atomic E-state index is 13.4. The predicted octanol–water partition coefficient (Wildman–Crippen LogP) is 3.39. The third-order valence-corrected chi connectivity index (χ3v) is 4.14. The minimum absolute atomic E-state index is 0.176. The summed E-state index contributed by atoms with van der Waals surface area (Å²) in [4.78, 5) is 4.21. The van der Waals surface area contributed by atoms with Gasteiger partial charge in [-0.05, 0) is 30.2 Å². The summed E-state index contributed by atoms with van der Waals surface area (Å²) in [7, 11) is 1.70. The largest absolute Gasteiger partial charge is 0.505 e. The highest BCUT2D eigenvalue weighted by Gasteiger charge is 2.15. The first-order chi connectivity index (χ1) is 11.5. The highest BCUT2D eigenvalue weighted by Crippen LogP contribution is 2.18. The average Bonchev–Trinajstić information content (AvgIpc) is 2.61. The van der Waals surface area contributed by atoms with Gasteiger partial charge in [-0.25, -0.2) is 4.39 Å². The van der Waals surface area contributed by atoms with E-state index in [0.717, 1.165) is 5.56 Å². The van der Waals surface area contributed by atoms with Crippen molar-refractivity contribution >= 4 is 5.96 Å². The number of hydrogen-bond donors (Lipinski definition) is 3. The summed E-state index contributed by atoms with van der Waals surface area (Å²) >= 11 is 0. The van der Waals surface area contributed by atoms with Gasteiger partial charge in [0.2, 0.25) is 0 Å². The van der Waals surface area contributed by atoms with Gasteiger partial charge in [0.1, 0.15) is 0 Å². The molecule has 0 heterocycles. The van der Waals surface area contributed by atoms with Gasteiger partial charge in [-0.2, -0.15) is 0 Å². The van der Waals surface area contributed by atoms with E-state index in [9.17, 15) is 9.50 Å². The number of benzene rings is 2. The second-order valence-electron chi connectivity index (χ2n) is 5.84. The number of aliphatic imine (C=N–C) groups is 1. The molecule has 2 atom stereocenters. The topological polar surface area (TPSA) is 56.7 Å². The van der Waals surface area contributed by atoms with E-state index in [0.29, 0.717) is 18.4 Å². The van der Waals surface area contributed by atoms with Crippen molar-refractivity contribution in [1.29, 1.82) is 0 Å². The molecule has 0 aromatic heterocycles. The molecule has 0 radical (unpaired) electrons. The summed E-state index contributed by atoms with van der Waals surface area (Å²) in [6.07, 6.45) is 0. The fourth-order valence-electron chi connectivity index (χ4n) is 2.43. The second-order valence-corrected chi connectivity index (χ2v) is 5.84. The molecule has 0 aliphatic heterocycles. The number of rotatable bonds is 5. The van der Waals surface area contributed by atoms with Crippen LogP contribution in [0.3, 0.4) is 0 Å². The summed E-state index contributed by atoms with van der Waals surface area (Å²) in [5.41, 5.74) is 1.99. The number of hydrogen-bond acceptors (Lipinski definition) is 2. The molecule has 0 aliphatic rings. The molecule has 0 bridgehead atoms. The third-order valence-electron chi connectivity index (χ3n) is 4.14. The summed E-state index contributed by atoms with van der Waals surface area (Å²) in [6.45, 7) is 4.68. The Morgan fingerprint density at radius 1 is 1.17 bits per heavy atom. The van der Waals surface area contributed by atoms with Gasteiger partial charge in [0.05, 0.1) is 0 Å². The van der Waals surface area contributed by atoms with Gasteiger partial charge < -0.3 is 15.7 Å². The zero-order valence-electron chi connectivity index (χ0n) is 14.3. The number of nitrogens with one attached hydrogen (secondary N) is 2. The molecule has 2 rings (SSSR count). The fourth-order valence-corrected chi connectivity index (χ4v) is 2.43. The van der Waals surface area contributed by atoms with Crippen molar-refractivity contribution in [2.45, 2.75) is 32.4 Å². The second kappa shape index (κ2) is 8.34. The van der Waals surface area contributed by atoms with Crippen LogP contribution in [0.4, 0.5) is 4.39 Å². The van der Waals surface area contributed by atoms with E-state index >= 15 is 0 Å². The van der Waals surface area contributed by atoms with Crippen molar-refractivity contribution in [3.63, 3.8) is 0 Å². The molecule has 2 unspecified atom stereocenters. The molecular weight excluding hydrogens is 305 g/mol. The highest BCUT2D eigenvalue weighted by molar-refractivity contribution is 5.80. The van der Waals surface area contributed by atoms with Crippen molar-refractivity contribution in [3.05, 3.63) is 65.5 Å². The van der Waals surface area contributed by atoms with Crippen LogP contribution in [0.15, 0.2) is 53.5 Å². The number of phenolic OH excluding ortho intramolecular Hbond substituents is 1. The molecule has 2 aromatic rings. The summed E-state index contributed by atoms with van der Waals surface area (Å²) in [5, 5.41) is 15.7. The van der Waals surface area contributed by atoms with Crippen molar-refractivity contribution in [2.24, 2.45) is 4.99 Å². The first kappa shape index (κ1) is 17.8. The lowest BCUT2D eigenvalue weighted by Crippen LogP contribution is -2.43. The van der Waals surface area contributed by atoms with E-state index in [1.807, 2.05) is 18.2 Å². The average molecular weight is 329 g/mol. The molecule has 0 saturated heterocycles. The summed E-state index contributed by atoms with van der Waals surface area (Å²) < 4.78 is 13.4. The molecule has 2 aromatic carbocycles. The van der Waals surface area contributed by atoms with Crippen LogP contribution in [0.2, 0.25) is 0 Å². The van der Waals surface area contributed by atoms with E-state index in [1.165, 1.54) is 17.7 Å². The predicted molar refractivity (Wildman–Crippen MR) is 95.7 cm³/mol. The zero-order valence-corrected chi connectivity index (χ0v) is 14.3. The van der Waals surface area contributed by atoms with Gasteiger partial charge in [-0.1, -0.05) is 43.3 Å². The van der Waals surface area contributed by atoms with Crippen LogP contribution in [0.1, 0.15) is 30.9 Å². The van der Waals surface area contributed by atoms with Crippen LogP contribution in [0.25, 0.3) is 0 Å². The molecule has 4 nitrogen and oxygen atoms in total. The Balaban J connectivity index is 1.93. The van der Waals surface area contributed by atoms with Crippen LogP contribution in [-0.4, -0.2) is 24.2 Å². The molecule has 24 heavy (non-hydrogen) atoms. The molecule has 0 aliphatic carbocycles. The van der Waals surface area contributed by atoms with E-state index in [2.05, 4.69) is 41.6 Å². The summed E-state index contributed by atoms with van der Waals surface area (Å²) in [5.74, 6) is 0.00418. The quantitative estimate of drug-likeness (QED) is 0.582. The van der Waals surface area contributed by atoms with Crippen LogP contribution >= 0.6 is 0 Å². The van der Waals surface area contributed by atoms with E-state index in [-0.39, 0.29) is 11.8 Å². The first-order valence-electron chi connectivity index (χ1n) is 8.00. The maximum Gasteiger partial charge on any atom is 0.191 e. The van der Waals surface area contributed by atoms with E-state index in [1.54, 1.807) is 13.1 Å². The minimum atomic E-state index is -0.622. The third kappa shape index (κ3) is 4.72. The van der Waals surface area contributed by atoms with Gasteiger partial charge in [-0.3, -0.25) is 4.99 Å². The van der Waals surface area contributed by atoms with Gasteiger partial charge in [0.25, 0.3) is 0 Å². The van der Waals surface area contributed by atoms with E-state index < -0.39 is 5.82 Å². The lowest BCUT2D eigenvalue weighted by molar-refractivity contribution is 0.431.